The van der Waals surface area contributed by atoms with Gasteiger partial charge in [0.2, 0.25) is 0 Å². The molecule has 0 bridgehead atoms. The molecule has 0 radical (unpaired) electrons. The van der Waals surface area contributed by atoms with Crippen molar-refractivity contribution in [3.8, 4) is 0 Å². The lowest BCUT2D eigenvalue weighted by molar-refractivity contribution is -0.137. The van der Waals surface area contributed by atoms with Gasteiger partial charge < -0.3 is 10.6 Å². The van der Waals surface area contributed by atoms with E-state index < -0.39 is 17.6 Å². The normalized spacial score (nSPS) is 11.1. The van der Waals surface area contributed by atoms with Gasteiger partial charge in [-0.2, -0.15) is 13.2 Å². The summed E-state index contributed by atoms with van der Waals surface area (Å²) in [5.41, 5.74) is -0.931. The Morgan fingerprint density at radius 3 is 2.41 bits per heavy atom. The van der Waals surface area contributed by atoms with Crippen LogP contribution in [-0.4, -0.2) is 23.3 Å². The Morgan fingerprint density at radius 2 is 1.78 bits per heavy atom. The first kappa shape index (κ1) is 20.7. The minimum Gasteiger partial charge on any atom is -0.352 e. The number of pyridine rings is 1. The molecule has 0 spiro atoms. The van der Waals surface area contributed by atoms with Gasteiger partial charge >= 0.3 is 6.18 Å². The molecule has 2 N–H and O–H groups in total. The molecular formula is C18H17ClF3N3O2. The van der Waals surface area contributed by atoms with Crippen LogP contribution in [0.2, 0.25) is 5.02 Å². The van der Waals surface area contributed by atoms with Gasteiger partial charge in [-0.15, -0.1) is 0 Å². The monoisotopic (exact) mass is 399 g/mol. The molecule has 0 fully saturated rings. The van der Waals surface area contributed by atoms with E-state index in [9.17, 15) is 22.8 Å². The zero-order valence-electron chi connectivity index (χ0n) is 14.4. The second-order valence-electron chi connectivity index (χ2n) is 5.72. The SMILES string of the molecule is CCCCNC(=O)c1cncc(C(=O)Nc2cc(C(F)(F)F)ccc2Cl)c1. The summed E-state index contributed by atoms with van der Waals surface area (Å²) in [4.78, 5) is 28.2. The summed E-state index contributed by atoms with van der Waals surface area (Å²) >= 11 is 5.87. The van der Waals surface area contributed by atoms with Gasteiger partial charge in [-0.05, 0) is 30.7 Å². The van der Waals surface area contributed by atoms with Crippen LogP contribution in [0.3, 0.4) is 0 Å². The average molecular weight is 400 g/mol. The molecule has 2 amide bonds. The second kappa shape index (κ2) is 8.85. The van der Waals surface area contributed by atoms with Crippen molar-refractivity contribution in [2.24, 2.45) is 0 Å². The number of amides is 2. The molecule has 5 nitrogen and oxygen atoms in total. The highest BCUT2D eigenvalue weighted by Crippen LogP contribution is 2.33. The molecule has 0 aliphatic rings. The van der Waals surface area contributed by atoms with Crippen molar-refractivity contribution in [2.45, 2.75) is 25.9 Å². The Morgan fingerprint density at radius 1 is 1.11 bits per heavy atom. The maximum Gasteiger partial charge on any atom is 0.416 e. The molecule has 2 rings (SSSR count). The highest BCUT2D eigenvalue weighted by atomic mass is 35.5. The standard InChI is InChI=1S/C18H17ClF3N3O2/c1-2-3-6-24-16(26)11-7-12(10-23-9-11)17(27)25-15-8-13(18(20,21)22)4-5-14(15)19/h4-5,7-10H,2-3,6H2,1H3,(H,24,26)(H,25,27). The van der Waals surface area contributed by atoms with Crippen molar-refractivity contribution in [2.75, 3.05) is 11.9 Å². The molecule has 0 aliphatic heterocycles. The number of nitrogens with one attached hydrogen (secondary N) is 2. The zero-order valence-corrected chi connectivity index (χ0v) is 15.1. The molecule has 1 aromatic carbocycles. The number of carbonyl (C=O) groups is 2. The quantitative estimate of drug-likeness (QED) is 0.701. The molecule has 0 atom stereocenters. The van der Waals surface area contributed by atoms with Gasteiger partial charge in [-0.3, -0.25) is 14.6 Å². The lowest BCUT2D eigenvalue weighted by atomic mass is 10.1. The Bertz CT molecular complexity index is 841. The first-order valence-electron chi connectivity index (χ1n) is 8.13. The summed E-state index contributed by atoms with van der Waals surface area (Å²) < 4.78 is 38.5. The maximum absolute atomic E-state index is 12.8. The smallest absolute Gasteiger partial charge is 0.352 e. The van der Waals surface area contributed by atoms with E-state index in [2.05, 4.69) is 15.6 Å². The summed E-state index contributed by atoms with van der Waals surface area (Å²) in [5.74, 6) is -1.12. The van der Waals surface area contributed by atoms with Crippen molar-refractivity contribution in [3.05, 3.63) is 58.4 Å². The Hall–Kier alpha value is -2.61. The van der Waals surface area contributed by atoms with Gasteiger partial charge in [-0.25, -0.2) is 0 Å². The van der Waals surface area contributed by atoms with Crippen LogP contribution in [0.4, 0.5) is 18.9 Å². The first-order chi connectivity index (χ1) is 12.7. The van der Waals surface area contributed by atoms with Crippen LogP contribution in [-0.2, 0) is 6.18 Å². The second-order valence-corrected chi connectivity index (χ2v) is 6.13. The van der Waals surface area contributed by atoms with Crippen molar-refractivity contribution >= 4 is 29.1 Å². The molecule has 9 heteroatoms. The van der Waals surface area contributed by atoms with Crippen LogP contribution in [0, 0.1) is 0 Å². The molecule has 0 aliphatic carbocycles. The highest BCUT2D eigenvalue weighted by molar-refractivity contribution is 6.34. The van der Waals surface area contributed by atoms with Crippen LogP contribution in [0.5, 0.6) is 0 Å². The highest BCUT2D eigenvalue weighted by Gasteiger charge is 2.31. The van der Waals surface area contributed by atoms with Gasteiger partial charge in [0, 0.05) is 18.9 Å². The number of halogens is 4. The number of anilines is 1. The number of benzene rings is 1. The molecule has 2 aromatic rings. The fourth-order valence-electron chi connectivity index (χ4n) is 2.16. The van der Waals surface area contributed by atoms with Crippen molar-refractivity contribution in [1.82, 2.24) is 10.3 Å². The van der Waals surface area contributed by atoms with Gasteiger partial charge in [0.1, 0.15) is 0 Å². The van der Waals surface area contributed by atoms with Crippen LogP contribution in [0.25, 0.3) is 0 Å². The lowest BCUT2D eigenvalue weighted by Crippen LogP contribution is -2.25. The number of rotatable bonds is 6. The molecule has 0 unspecified atom stereocenters. The largest absolute Gasteiger partial charge is 0.416 e. The predicted octanol–water partition coefficient (Wildman–Crippen LogP) is 4.54. The Balaban J connectivity index is 2.17. The fourth-order valence-corrected chi connectivity index (χ4v) is 2.33. The first-order valence-corrected chi connectivity index (χ1v) is 8.51. The summed E-state index contributed by atoms with van der Waals surface area (Å²) in [7, 11) is 0. The number of unbranched alkanes of at least 4 members (excludes halogenated alkanes) is 1. The number of hydrogen-bond donors (Lipinski definition) is 2. The van der Waals surface area contributed by atoms with E-state index in [1.165, 1.54) is 18.5 Å². The van der Waals surface area contributed by atoms with Gasteiger partial charge in [0.25, 0.3) is 11.8 Å². The van der Waals surface area contributed by atoms with E-state index >= 15 is 0 Å². The predicted molar refractivity (Wildman–Crippen MR) is 95.9 cm³/mol. The third kappa shape index (κ3) is 5.68. The Labute approximate surface area is 158 Å². The number of hydrogen-bond acceptors (Lipinski definition) is 3. The number of carbonyl (C=O) groups excluding carboxylic acids is 2. The summed E-state index contributed by atoms with van der Waals surface area (Å²) in [6, 6.07) is 3.93. The van der Waals surface area contributed by atoms with Gasteiger partial charge in [-0.1, -0.05) is 24.9 Å². The van der Waals surface area contributed by atoms with Gasteiger partial charge in [0.15, 0.2) is 0 Å². The molecule has 27 heavy (non-hydrogen) atoms. The minimum absolute atomic E-state index is 0.0200. The number of alkyl halides is 3. The third-order valence-electron chi connectivity index (χ3n) is 3.62. The summed E-state index contributed by atoms with van der Waals surface area (Å²) in [5, 5.41) is 4.96. The molecule has 0 saturated heterocycles. The van der Waals surface area contributed by atoms with Gasteiger partial charge in [0.05, 0.1) is 27.4 Å². The molecule has 1 heterocycles. The van der Waals surface area contributed by atoms with Crippen LogP contribution in [0.1, 0.15) is 46.0 Å². The number of aromatic nitrogens is 1. The van der Waals surface area contributed by atoms with E-state index in [0.717, 1.165) is 31.0 Å². The minimum atomic E-state index is -4.57. The van der Waals surface area contributed by atoms with E-state index in [0.29, 0.717) is 6.54 Å². The lowest BCUT2D eigenvalue weighted by Gasteiger charge is -2.12. The molecule has 1 aromatic heterocycles. The Kier molecular flexibility index (Phi) is 6.79. The topological polar surface area (TPSA) is 71.1 Å². The molecule has 144 valence electrons. The van der Waals surface area contributed by atoms with E-state index in [-0.39, 0.29) is 27.7 Å². The third-order valence-corrected chi connectivity index (χ3v) is 3.95. The maximum atomic E-state index is 12.8. The van der Waals surface area contributed by atoms with E-state index in [1.807, 2.05) is 6.92 Å². The number of nitrogens with zero attached hydrogens (tertiary/aromatic N) is 1. The zero-order chi connectivity index (χ0) is 20.0. The van der Waals surface area contributed by atoms with Crippen molar-refractivity contribution in [1.29, 1.82) is 0 Å². The molecule has 0 saturated carbocycles. The van der Waals surface area contributed by atoms with Crippen LogP contribution in [0.15, 0.2) is 36.7 Å². The van der Waals surface area contributed by atoms with E-state index in [1.54, 1.807) is 0 Å². The fraction of sp³-hybridized carbons (Fsp3) is 0.278. The summed E-state index contributed by atoms with van der Waals surface area (Å²) in [6.07, 6.45) is -0.330. The average Bonchev–Trinajstić information content (AvgIpc) is 2.62. The van der Waals surface area contributed by atoms with Crippen LogP contribution >= 0.6 is 11.6 Å². The van der Waals surface area contributed by atoms with E-state index in [4.69, 9.17) is 11.6 Å². The summed E-state index contributed by atoms with van der Waals surface area (Å²) in [6.45, 7) is 2.48. The van der Waals surface area contributed by atoms with Crippen molar-refractivity contribution in [3.63, 3.8) is 0 Å². The van der Waals surface area contributed by atoms with Crippen molar-refractivity contribution < 1.29 is 22.8 Å². The molecular weight excluding hydrogens is 383 g/mol. The van der Waals surface area contributed by atoms with Crippen LogP contribution < -0.4 is 10.6 Å².